The van der Waals surface area contributed by atoms with E-state index in [1.165, 1.54) is 11.1 Å². The van der Waals surface area contributed by atoms with E-state index in [1.54, 1.807) is 13.0 Å². The Morgan fingerprint density at radius 1 is 1.19 bits per heavy atom. The van der Waals surface area contributed by atoms with Gasteiger partial charge in [0.25, 0.3) is 11.1 Å². The lowest BCUT2D eigenvalue weighted by Crippen LogP contribution is -2.34. The Bertz CT molecular complexity index is 786. The van der Waals surface area contributed by atoms with Crippen LogP contribution in [-0.2, 0) is 27.2 Å². The van der Waals surface area contributed by atoms with Crippen molar-refractivity contribution in [3.05, 3.63) is 33.7 Å². The van der Waals surface area contributed by atoms with Crippen LogP contribution in [0.25, 0.3) is 6.08 Å². The maximum atomic E-state index is 12.5. The zero-order chi connectivity index (χ0) is 18.7. The summed E-state index contributed by atoms with van der Waals surface area (Å²) in [5.41, 5.74) is 3.32. The van der Waals surface area contributed by atoms with E-state index in [0.29, 0.717) is 12.4 Å². The Hall–Kier alpha value is -2.28. The largest absolute Gasteiger partial charge is 0.493 e. The predicted molar refractivity (Wildman–Crippen MR) is 98.9 cm³/mol. The highest BCUT2D eigenvalue weighted by Crippen LogP contribution is 2.36. The number of carbonyl (C=O) groups is 3. The second kappa shape index (κ2) is 7.95. The number of nitrogens with zero attached hydrogens (tertiary/aromatic N) is 1. The van der Waals surface area contributed by atoms with Crippen LogP contribution in [0.2, 0.25) is 0 Å². The first-order valence-electron chi connectivity index (χ1n) is 8.73. The van der Waals surface area contributed by atoms with Crippen molar-refractivity contribution in [3.63, 3.8) is 0 Å². The molecule has 0 bridgehead atoms. The van der Waals surface area contributed by atoms with E-state index < -0.39 is 17.1 Å². The summed E-state index contributed by atoms with van der Waals surface area (Å²) >= 11 is 0.832. The number of ether oxygens (including phenoxy) is 2. The minimum Gasteiger partial charge on any atom is -0.493 e. The summed E-state index contributed by atoms with van der Waals surface area (Å²) in [5.74, 6) is -0.357. The summed E-state index contributed by atoms with van der Waals surface area (Å²) in [6.07, 6.45) is 4.83. The summed E-state index contributed by atoms with van der Waals surface area (Å²) in [6, 6.07) is 4.06. The van der Waals surface area contributed by atoms with Crippen LogP contribution in [-0.4, -0.2) is 41.8 Å². The molecule has 0 N–H and O–H groups in total. The highest BCUT2D eigenvalue weighted by atomic mass is 32.2. The average molecular weight is 375 g/mol. The highest BCUT2D eigenvalue weighted by molar-refractivity contribution is 8.18. The van der Waals surface area contributed by atoms with Crippen molar-refractivity contribution in [2.45, 2.75) is 33.1 Å². The van der Waals surface area contributed by atoms with Gasteiger partial charge in [-0.1, -0.05) is 0 Å². The van der Waals surface area contributed by atoms with Crippen molar-refractivity contribution in [1.29, 1.82) is 0 Å². The summed E-state index contributed by atoms with van der Waals surface area (Å²) in [7, 11) is 0. The molecule has 1 fully saturated rings. The Kier molecular flexibility index (Phi) is 5.66. The Morgan fingerprint density at radius 3 is 2.62 bits per heavy atom. The lowest BCUT2D eigenvalue weighted by molar-refractivity contribution is -0.145. The van der Waals surface area contributed by atoms with Crippen LogP contribution < -0.4 is 4.74 Å². The first kappa shape index (κ1) is 18.5. The van der Waals surface area contributed by atoms with Gasteiger partial charge in [-0.15, -0.1) is 0 Å². The molecule has 2 amide bonds. The molecule has 0 radical (unpaired) electrons. The lowest BCUT2D eigenvalue weighted by atomic mass is 10.0. The van der Waals surface area contributed by atoms with E-state index in [4.69, 9.17) is 9.47 Å². The van der Waals surface area contributed by atoms with Crippen LogP contribution in [0.15, 0.2) is 17.0 Å². The molecule has 1 saturated heterocycles. The van der Waals surface area contributed by atoms with Crippen LogP contribution in [0.3, 0.4) is 0 Å². The molecular weight excluding hydrogens is 354 g/mol. The highest BCUT2D eigenvalue weighted by Gasteiger charge is 2.36. The maximum Gasteiger partial charge on any atom is 0.326 e. The number of amides is 2. The minimum atomic E-state index is -0.594. The third-order valence-corrected chi connectivity index (χ3v) is 5.18. The van der Waals surface area contributed by atoms with Crippen molar-refractivity contribution >= 4 is 35.0 Å². The fourth-order valence-electron chi connectivity index (χ4n) is 3.13. The minimum absolute atomic E-state index is 0.206. The molecule has 1 aromatic carbocycles. The van der Waals surface area contributed by atoms with Crippen molar-refractivity contribution in [1.82, 2.24) is 4.90 Å². The van der Waals surface area contributed by atoms with Gasteiger partial charge in [-0.25, -0.2) is 0 Å². The van der Waals surface area contributed by atoms with Gasteiger partial charge in [0.15, 0.2) is 0 Å². The lowest BCUT2D eigenvalue weighted by Gasteiger charge is -2.12. The molecule has 26 heavy (non-hydrogen) atoms. The fourth-order valence-corrected chi connectivity index (χ4v) is 3.96. The van der Waals surface area contributed by atoms with E-state index in [9.17, 15) is 14.4 Å². The topological polar surface area (TPSA) is 72.9 Å². The number of rotatable bonds is 6. The predicted octanol–water partition coefficient (Wildman–Crippen LogP) is 3.17. The van der Waals surface area contributed by atoms with Gasteiger partial charge in [0.2, 0.25) is 0 Å². The third kappa shape index (κ3) is 3.77. The summed E-state index contributed by atoms with van der Waals surface area (Å²) in [4.78, 5) is 37.5. The monoisotopic (exact) mass is 375 g/mol. The molecule has 3 rings (SSSR count). The number of imide groups is 1. The second-order valence-corrected chi connectivity index (χ2v) is 7.01. The normalized spacial score (nSPS) is 17.8. The molecule has 7 heteroatoms. The van der Waals surface area contributed by atoms with Gasteiger partial charge in [0.05, 0.1) is 18.1 Å². The number of esters is 1. The van der Waals surface area contributed by atoms with Gasteiger partial charge in [-0.3, -0.25) is 19.3 Å². The van der Waals surface area contributed by atoms with Crippen LogP contribution >= 0.6 is 11.8 Å². The smallest absolute Gasteiger partial charge is 0.326 e. The summed E-state index contributed by atoms with van der Waals surface area (Å²) in [5, 5.41) is -0.464. The van der Waals surface area contributed by atoms with Gasteiger partial charge in [-0.05, 0) is 74.2 Å². The van der Waals surface area contributed by atoms with Crippen molar-refractivity contribution < 1.29 is 23.9 Å². The molecule has 1 heterocycles. The van der Waals surface area contributed by atoms with Crippen molar-refractivity contribution in [3.8, 4) is 5.75 Å². The molecule has 1 aliphatic heterocycles. The molecule has 0 saturated carbocycles. The molecule has 0 aromatic heterocycles. The number of aryl methyl sites for hydroxylation is 2. The molecule has 0 atom stereocenters. The third-order valence-electron chi connectivity index (χ3n) is 4.28. The molecule has 1 aliphatic carbocycles. The number of fused-ring (bicyclic) bond motifs is 1. The number of hydrogen-bond acceptors (Lipinski definition) is 6. The first-order chi connectivity index (χ1) is 12.5. The number of benzene rings is 1. The Balaban J connectivity index is 1.87. The van der Waals surface area contributed by atoms with E-state index in [-0.39, 0.29) is 18.1 Å². The fraction of sp³-hybridized carbons (Fsp3) is 0.421. The standard InChI is InChI=1S/C19H21NO5S/c1-3-24-15-9-13-7-5-6-12(13)8-14(15)10-16-18(22)20(19(23)26-16)11-17(21)25-4-2/h8-10H,3-7,11H2,1-2H3/b16-10+. The Labute approximate surface area is 156 Å². The van der Waals surface area contributed by atoms with Crippen LogP contribution in [0.5, 0.6) is 5.75 Å². The van der Waals surface area contributed by atoms with E-state index in [1.807, 2.05) is 19.1 Å². The number of carbonyl (C=O) groups excluding carboxylic acids is 3. The maximum absolute atomic E-state index is 12.5. The van der Waals surface area contributed by atoms with Crippen LogP contribution in [0.4, 0.5) is 4.79 Å². The van der Waals surface area contributed by atoms with E-state index in [0.717, 1.165) is 41.5 Å². The molecule has 2 aliphatic rings. The van der Waals surface area contributed by atoms with Crippen LogP contribution in [0, 0.1) is 0 Å². The van der Waals surface area contributed by atoms with Crippen molar-refractivity contribution in [2.24, 2.45) is 0 Å². The molecule has 0 spiro atoms. The molecule has 6 nitrogen and oxygen atoms in total. The van der Waals surface area contributed by atoms with Gasteiger partial charge in [0, 0.05) is 5.56 Å². The molecule has 138 valence electrons. The van der Waals surface area contributed by atoms with Crippen molar-refractivity contribution in [2.75, 3.05) is 19.8 Å². The number of hydrogen-bond donors (Lipinski definition) is 0. The molecular formula is C19H21NO5S. The van der Waals surface area contributed by atoms with Gasteiger partial charge < -0.3 is 9.47 Å². The van der Waals surface area contributed by atoms with Crippen LogP contribution in [0.1, 0.15) is 37.0 Å². The molecule has 1 aromatic rings. The molecule has 0 unspecified atom stereocenters. The second-order valence-electron chi connectivity index (χ2n) is 6.02. The van der Waals surface area contributed by atoms with Gasteiger partial charge in [-0.2, -0.15) is 0 Å². The van der Waals surface area contributed by atoms with E-state index >= 15 is 0 Å². The quantitative estimate of drug-likeness (QED) is 0.562. The first-order valence-corrected chi connectivity index (χ1v) is 9.54. The summed E-state index contributed by atoms with van der Waals surface area (Å²) < 4.78 is 10.5. The summed E-state index contributed by atoms with van der Waals surface area (Å²) in [6.45, 7) is 3.94. The van der Waals surface area contributed by atoms with E-state index in [2.05, 4.69) is 0 Å². The zero-order valence-electron chi connectivity index (χ0n) is 14.9. The van der Waals surface area contributed by atoms with Gasteiger partial charge in [0.1, 0.15) is 12.3 Å². The van der Waals surface area contributed by atoms with Gasteiger partial charge >= 0.3 is 5.97 Å². The Morgan fingerprint density at radius 2 is 1.92 bits per heavy atom. The zero-order valence-corrected chi connectivity index (χ0v) is 15.7. The SMILES string of the molecule is CCOC(=O)CN1C(=O)S/C(=C/c2cc3c(cc2OCC)CCC3)C1=O. The number of thioether (sulfide) groups is 1. The average Bonchev–Trinajstić information content (AvgIpc) is 3.15.